The van der Waals surface area contributed by atoms with Crippen molar-refractivity contribution in [2.75, 3.05) is 6.61 Å². The summed E-state index contributed by atoms with van der Waals surface area (Å²) in [6, 6.07) is 5.21. The zero-order chi connectivity index (χ0) is 19.3. The van der Waals surface area contributed by atoms with E-state index < -0.39 is 0 Å². The van der Waals surface area contributed by atoms with Crippen molar-refractivity contribution in [3.63, 3.8) is 0 Å². The van der Waals surface area contributed by atoms with E-state index in [1.54, 1.807) is 18.2 Å². The molecule has 4 rings (SSSR count). The average molecular weight is 408 g/mol. The standard InChI is InChI=1S/C19H22ClN3O3S/c1-10-21-17-15(16(27-10)11-4-5-14(24)13(20)8-11)18(25)22-23(17)12-6-7-26-19(2,3)9-12/h4-5,8,12,16,24H,6-7,9H2,1-3H3,(H,22,25)/t12-,16+/m0/s1. The third-order valence-corrected chi connectivity index (χ3v) is 6.54. The van der Waals surface area contributed by atoms with Gasteiger partial charge in [0, 0.05) is 6.61 Å². The minimum absolute atomic E-state index is 0.0303. The van der Waals surface area contributed by atoms with Crippen LogP contribution >= 0.6 is 23.4 Å². The number of rotatable bonds is 2. The average Bonchev–Trinajstić information content (AvgIpc) is 2.92. The topological polar surface area (TPSA) is 79.6 Å². The molecule has 0 radical (unpaired) electrons. The Kier molecular flexibility index (Phi) is 4.64. The van der Waals surface area contributed by atoms with Crippen LogP contribution in [-0.2, 0) is 4.74 Å². The van der Waals surface area contributed by atoms with Crippen molar-refractivity contribution in [2.24, 2.45) is 4.99 Å². The summed E-state index contributed by atoms with van der Waals surface area (Å²) in [6.07, 6.45) is 1.64. The number of thioether (sulfide) groups is 1. The Bertz CT molecular complexity index is 979. The van der Waals surface area contributed by atoms with E-state index in [1.807, 2.05) is 11.6 Å². The molecule has 0 aliphatic carbocycles. The van der Waals surface area contributed by atoms with Gasteiger partial charge < -0.3 is 9.84 Å². The van der Waals surface area contributed by atoms with Crippen molar-refractivity contribution < 1.29 is 9.84 Å². The number of nitrogens with zero attached hydrogens (tertiary/aromatic N) is 2. The summed E-state index contributed by atoms with van der Waals surface area (Å²) >= 11 is 7.62. The van der Waals surface area contributed by atoms with Crippen LogP contribution in [0, 0.1) is 0 Å². The fourth-order valence-corrected chi connectivity index (χ4v) is 5.10. The summed E-state index contributed by atoms with van der Waals surface area (Å²) in [5.74, 6) is 0.718. The van der Waals surface area contributed by atoms with Crippen molar-refractivity contribution in [1.29, 1.82) is 0 Å². The number of benzene rings is 1. The van der Waals surface area contributed by atoms with E-state index in [2.05, 4.69) is 18.9 Å². The fraction of sp³-hybridized carbons (Fsp3) is 0.474. The molecule has 0 saturated carbocycles. The Morgan fingerprint density at radius 1 is 1.44 bits per heavy atom. The van der Waals surface area contributed by atoms with E-state index in [-0.39, 0.29) is 33.2 Å². The molecule has 1 aromatic carbocycles. The molecule has 2 atom stereocenters. The predicted molar refractivity (Wildman–Crippen MR) is 109 cm³/mol. The lowest BCUT2D eigenvalue weighted by Gasteiger charge is -2.36. The van der Waals surface area contributed by atoms with Gasteiger partial charge in [-0.05, 0) is 51.3 Å². The molecule has 0 unspecified atom stereocenters. The maximum atomic E-state index is 12.9. The summed E-state index contributed by atoms with van der Waals surface area (Å²) in [5.41, 5.74) is 1.14. The van der Waals surface area contributed by atoms with E-state index in [0.717, 1.165) is 23.4 Å². The normalized spacial score (nSPS) is 24.4. The van der Waals surface area contributed by atoms with Gasteiger partial charge in [0.1, 0.15) is 5.75 Å². The lowest BCUT2D eigenvalue weighted by atomic mass is 9.94. The maximum Gasteiger partial charge on any atom is 0.271 e. The molecule has 0 spiro atoms. The first kappa shape index (κ1) is 18.7. The Morgan fingerprint density at radius 3 is 2.93 bits per heavy atom. The molecule has 2 aliphatic rings. The number of nitrogens with one attached hydrogen (secondary N) is 1. The Morgan fingerprint density at radius 2 is 2.22 bits per heavy atom. The van der Waals surface area contributed by atoms with Crippen molar-refractivity contribution in [3.05, 3.63) is 44.7 Å². The zero-order valence-electron chi connectivity index (χ0n) is 15.5. The number of aromatic hydroxyl groups is 1. The number of halogens is 1. The quantitative estimate of drug-likeness (QED) is 0.765. The number of phenolic OH excluding ortho intramolecular Hbond substituents is 1. The summed E-state index contributed by atoms with van der Waals surface area (Å²) < 4.78 is 7.74. The number of ether oxygens (including phenoxy) is 1. The minimum Gasteiger partial charge on any atom is -0.506 e. The smallest absolute Gasteiger partial charge is 0.271 e. The molecule has 1 saturated heterocycles. The Balaban J connectivity index is 1.80. The number of aromatic nitrogens is 2. The highest BCUT2D eigenvalue weighted by Crippen LogP contribution is 2.46. The third-order valence-electron chi connectivity index (χ3n) is 5.06. The van der Waals surface area contributed by atoms with Crippen LogP contribution in [0.5, 0.6) is 5.75 Å². The molecule has 1 fully saturated rings. The molecule has 2 N–H and O–H groups in total. The maximum absolute atomic E-state index is 12.9. The van der Waals surface area contributed by atoms with Gasteiger partial charge in [0.05, 0.1) is 32.5 Å². The van der Waals surface area contributed by atoms with Crippen molar-refractivity contribution in [3.8, 4) is 5.75 Å². The van der Waals surface area contributed by atoms with Gasteiger partial charge in [0.15, 0.2) is 5.82 Å². The molecule has 8 heteroatoms. The summed E-state index contributed by atoms with van der Waals surface area (Å²) in [7, 11) is 0. The van der Waals surface area contributed by atoms with E-state index >= 15 is 0 Å². The monoisotopic (exact) mass is 407 g/mol. The highest BCUT2D eigenvalue weighted by Gasteiger charge is 2.35. The second-order valence-corrected chi connectivity index (χ2v) is 9.35. The highest BCUT2D eigenvalue weighted by atomic mass is 35.5. The lowest BCUT2D eigenvalue weighted by molar-refractivity contribution is -0.0705. The molecule has 6 nitrogen and oxygen atoms in total. The van der Waals surface area contributed by atoms with Crippen LogP contribution in [0.3, 0.4) is 0 Å². The van der Waals surface area contributed by atoms with Crippen LogP contribution < -0.4 is 5.56 Å². The van der Waals surface area contributed by atoms with Crippen molar-refractivity contribution >= 4 is 34.2 Å². The first-order chi connectivity index (χ1) is 12.7. The van der Waals surface area contributed by atoms with Gasteiger partial charge in [-0.15, -0.1) is 0 Å². The van der Waals surface area contributed by atoms with Gasteiger partial charge in [-0.2, -0.15) is 0 Å². The molecule has 27 heavy (non-hydrogen) atoms. The largest absolute Gasteiger partial charge is 0.506 e. The second kappa shape index (κ2) is 6.72. The van der Waals surface area contributed by atoms with E-state index in [9.17, 15) is 9.90 Å². The molecular weight excluding hydrogens is 386 g/mol. The van der Waals surface area contributed by atoms with E-state index in [0.29, 0.717) is 18.0 Å². The number of hydrogen-bond acceptors (Lipinski definition) is 5. The Hall–Kier alpha value is -1.70. The van der Waals surface area contributed by atoms with Gasteiger partial charge in [-0.1, -0.05) is 29.4 Å². The van der Waals surface area contributed by atoms with Crippen LogP contribution in [0.4, 0.5) is 5.82 Å². The predicted octanol–water partition coefficient (Wildman–Crippen LogP) is 4.55. The van der Waals surface area contributed by atoms with Crippen LogP contribution in [0.1, 0.15) is 56.0 Å². The Labute approximate surface area is 166 Å². The molecule has 0 amide bonds. The van der Waals surface area contributed by atoms with Crippen molar-refractivity contribution in [2.45, 2.75) is 50.5 Å². The third kappa shape index (κ3) is 3.44. The number of hydrogen-bond donors (Lipinski definition) is 2. The van der Waals surface area contributed by atoms with Gasteiger partial charge in [-0.3, -0.25) is 14.6 Å². The van der Waals surface area contributed by atoms with Crippen LogP contribution in [0.25, 0.3) is 0 Å². The minimum atomic E-state index is -0.233. The van der Waals surface area contributed by atoms with Crippen molar-refractivity contribution in [1.82, 2.24) is 9.78 Å². The molecule has 0 bridgehead atoms. The van der Waals surface area contributed by atoms with Crippen LogP contribution in [0.2, 0.25) is 5.02 Å². The fourth-order valence-electron chi connectivity index (χ4n) is 3.81. The van der Waals surface area contributed by atoms with Gasteiger partial charge >= 0.3 is 0 Å². The molecule has 1 aromatic heterocycles. The number of phenols is 1. The molecule has 3 heterocycles. The number of H-pyrrole nitrogens is 1. The molecular formula is C19H22ClN3O3S. The van der Waals surface area contributed by atoms with Gasteiger partial charge in [0.25, 0.3) is 5.56 Å². The number of fused-ring (bicyclic) bond motifs is 1. The molecule has 2 aromatic rings. The summed E-state index contributed by atoms with van der Waals surface area (Å²) in [6.45, 7) is 6.73. The van der Waals surface area contributed by atoms with E-state index in [1.165, 1.54) is 11.8 Å². The number of aliphatic imine (C=N–C) groups is 1. The van der Waals surface area contributed by atoms with Gasteiger partial charge in [0.2, 0.25) is 0 Å². The zero-order valence-corrected chi connectivity index (χ0v) is 17.0. The van der Waals surface area contributed by atoms with Crippen LogP contribution in [-0.4, -0.2) is 32.1 Å². The number of aromatic amines is 1. The first-order valence-corrected chi connectivity index (χ1v) is 10.2. The van der Waals surface area contributed by atoms with Gasteiger partial charge in [-0.25, -0.2) is 4.99 Å². The molecule has 2 aliphatic heterocycles. The highest BCUT2D eigenvalue weighted by molar-refractivity contribution is 8.14. The molecule has 144 valence electrons. The summed E-state index contributed by atoms with van der Waals surface area (Å²) in [4.78, 5) is 17.6. The first-order valence-electron chi connectivity index (χ1n) is 8.94. The van der Waals surface area contributed by atoms with Crippen LogP contribution in [0.15, 0.2) is 28.0 Å². The lowest BCUT2D eigenvalue weighted by Crippen LogP contribution is -2.35. The summed E-state index contributed by atoms with van der Waals surface area (Å²) in [5, 5.41) is 13.7. The van der Waals surface area contributed by atoms with E-state index in [4.69, 9.17) is 21.3 Å². The second-order valence-electron chi connectivity index (χ2n) is 7.64. The SMILES string of the molecule is CC1=Nc2c(c(=O)[nH]n2[C@H]2CCOC(C)(C)C2)[C@@H](c2ccc(O)c(Cl)c2)S1.